The molecular weight excluding hydrogens is 296 g/mol. The Morgan fingerprint density at radius 3 is 2.94 bits per heavy atom. The fraction of sp³-hybridized carbons (Fsp3) is 0.0833. The predicted octanol–water partition coefficient (Wildman–Crippen LogP) is 2.29. The molecule has 2 N–H and O–H groups in total. The lowest BCUT2D eigenvalue weighted by molar-refractivity contribution is 1.04. The van der Waals surface area contributed by atoms with Crippen molar-refractivity contribution in [3.8, 4) is 0 Å². The summed E-state index contributed by atoms with van der Waals surface area (Å²) in [5.74, 6) is 0.323. The summed E-state index contributed by atoms with van der Waals surface area (Å²) in [4.78, 5) is 17.8. The monoisotopic (exact) mass is 306 g/mol. The molecule has 6 heteroatoms. The summed E-state index contributed by atoms with van der Waals surface area (Å²) in [6, 6.07) is 9.10. The lowest BCUT2D eigenvalue weighted by Crippen LogP contribution is -2.10. The highest BCUT2D eigenvalue weighted by atomic mass is 79.9. The van der Waals surface area contributed by atoms with Gasteiger partial charge in [0.05, 0.1) is 6.21 Å². The van der Waals surface area contributed by atoms with Crippen LogP contribution in [0.15, 0.2) is 44.7 Å². The second-order valence-corrected chi connectivity index (χ2v) is 4.48. The van der Waals surface area contributed by atoms with E-state index in [1.54, 1.807) is 13.1 Å². The van der Waals surface area contributed by atoms with Crippen molar-refractivity contribution in [2.45, 2.75) is 6.92 Å². The normalized spacial score (nSPS) is 10.8. The SMILES string of the molecule is Cc1cc(=O)[nH]c(N/N=C/c2ccccc2Br)n1. The Bertz CT molecular complexity index is 636. The molecular formula is C12H11BrN4O. The number of aromatic amines is 1. The molecule has 1 aromatic carbocycles. The van der Waals surface area contributed by atoms with Gasteiger partial charge >= 0.3 is 0 Å². The van der Waals surface area contributed by atoms with Crippen LogP contribution in [0.2, 0.25) is 0 Å². The van der Waals surface area contributed by atoms with E-state index in [-0.39, 0.29) is 5.56 Å². The van der Waals surface area contributed by atoms with Crippen LogP contribution in [0.3, 0.4) is 0 Å². The maximum Gasteiger partial charge on any atom is 0.252 e. The first-order chi connectivity index (χ1) is 8.65. The van der Waals surface area contributed by atoms with Crippen LogP contribution < -0.4 is 11.0 Å². The largest absolute Gasteiger partial charge is 0.291 e. The average Bonchev–Trinajstić information content (AvgIpc) is 2.30. The summed E-state index contributed by atoms with van der Waals surface area (Å²) in [7, 11) is 0. The molecule has 92 valence electrons. The van der Waals surface area contributed by atoms with Gasteiger partial charge < -0.3 is 0 Å². The van der Waals surface area contributed by atoms with Gasteiger partial charge in [0, 0.05) is 21.8 Å². The highest BCUT2D eigenvalue weighted by molar-refractivity contribution is 9.10. The summed E-state index contributed by atoms with van der Waals surface area (Å²) in [6.45, 7) is 1.75. The van der Waals surface area contributed by atoms with Crippen molar-refractivity contribution in [3.63, 3.8) is 0 Å². The highest BCUT2D eigenvalue weighted by Crippen LogP contribution is 2.13. The molecule has 0 atom stereocenters. The van der Waals surface area contributed by atoms with Gasteiger partial charge in [-0.2, -0.15) is 5.10 Å². The fourth-order valence-electron chi connectivity index (χ4n) is 1.37. The van der Waals surface area contributed by atoms with E-state index in [0.717, 1.165) is 10.0 Å². The summed E-state index contributed by atoms with van der Waals surface area (Å²) >= 11 is 3.41. The molecule has 0 aliphatic rings. The molecule has 0 radical (unpaired) electrons. The molecule has 5 nitrogen and oxygen atoms in total. The van der Waals surface area contributed by atoms with Gasteiger partial charge in [-0.05, 0) is 13.0 Å². The number of aryl methyl sites for hydroxylation is 1. The van der Waals surface area contributed by atoms with E-state index in [1.807, 2.05) is 24.3 Å². The molecule has 0 unspecified atom stereocenters. The number of hydrazone groups is 1. The third kappa shape index (κ3) is 3.27. The highest BCUT2D eigenvalue weighted by Gasteiger charge is 1.96. The first kappa shape index (κ1) is 12.5. The van der Waals surface area contributed by atoms with Crippen LogP contribution in [0.1, 0.15) is 11.3 Å². The summed E-state index contributed by atoms with van der Waals surface area (Å²) in [5, 5.41) is 4.02. The average molecular weight is 307 g/mol. The third-order valence-electron chi connectivity index (χ3n) is 2.15. The van der Waals surface area contributed by atoms with E-state index in [1.165, 1.54) is 6.07 Å². The van der Waals surface area contributed by atoms with Crippen LogP contribution in [0.25, 0.3) is 0 Å². The van der Waals surface area contributed by atoms with Crippen molar-refractivity contribution in [1.29, 1.82) is 0 Å². The van der Waals surface area contributed by atoms with E-state index in [9.17, 15) is 4.79 Å². The second kappa shape index (κ2) is 5.59. The van der Waals surface area contributed by atoms with Gasteiger partial charge in [0.1, 0.15) is 0 Å². The van der Waals surface area contributed by atoms with Crippen LogP contribution in [-0.4, -0.2) is 16.2 Å². The van der Waals surface area contributed by atoms with Gasteiger partial charge in [0.15, 0.2) is 0 Å². The molecule has 2 aromatic rings. The number of halogens is 1. The van der Waals surface area contributed by atoms with E-state index in [4.69, 9.17) is 0 Å². The molecule has 2 rings (SSSR count). The van der Waals surface area contributed by atoms with Crippen molar-refractivity contribution in [3.05, 3.63) is 56.4 Å². The number of benzene rings is 1. The minimum Gasteiger partial charge on any atom is -0.291 e. The van der Waals surface area contributed by atoms with Gasteiger partial charge in [0.2, 0.25) is 5.95 Å². The third-order valence-corrected chi connectivity index (χ3v) is 2.87. The zero-order valence-corrected chi connectivity index (χ0v) is 11.2. The maximum absolute atomic E-state index is 11.2. The Hall–Kier alpha value is -1.95. The van der Waals surface area contributed by atoms with Gasteiger partial charge in [-0.1, -0.05) is 34.1 Å². The molecule has 0 spiro atoms. The molecule has 1 aromatic heterocycles. The Labute approximate surface area is 112 Å². The standard InChI is InChI=1S/C12H11BrN4O/c1-8-6-11(18)16-12(15-8)17-14-7-9-4-2-3-5-10(9)13/h2-7H,1H3,(H2,15,16,17,18)/b14-7+. The number of hydrogen-bond donors (Lipinski definition) is 2. The number of nitrogens with zero attached hydrogens (tertiary/aromatic N) is 2. The van der Waals surface area contributed by atoms with E-state index in [0.29, 0.717) is 11.6 Å². The fourth-order valence-corrected chi connectivity index (χ4v) is 1.76. The first-order valence-corrected chi connectivity index (χ1v) is 6.06. The number of hydrogen-bond acceptors (Lipinski definition) is 4. The lowest BCUT2D eigenvalue weighted by atomic mass is 10.2. The number of aromatic nitrogens is 2. The molecule has 1 heterocycles. The lowest BCUT2D eigenvalue weighted by Gasteiger charge is -2.00. The number of anilines is 1. The second-order valence-electron chi connectivity index (χ2n) is 3.63. The first-order valence-electron chi connectivity index (χ1n) is 5.27. The summed E-state index contributed by atoms with van der Waals surface area (Å²) in [6.07, 6.45) is 1.65. The Morgan fingerprint density at radius 1 is 1.44 bits per heavy atom. The molecule has 0 bridgehead atoms. The van der Waals surface area contributed by atoms with E-state index < -0.39 is 0 Å². The van der Waals surface area contributed by atoms with Gasteiger partial charge in [-0.25, -0.2) is 10.4 Å². The van der Waals surface area contributed by atoms with Gasteiger partial charge in [0.25, 0.3) is 5.56 Å². The maximum atomic E-state index is 11.2. The molecule has 0 aliphatic carbocycles. The topological polar surface area (TPSA) is 70.1 Å². The Morgan fingerprint density at radius 2 is 2.22 bits per heavy atom. The van der Waals surface area contributed by atoms with Crippen LogP contribution in [0.4, 0.5) is 5.95 Å². The van der Waals surface area contributed by atoms with Crippen molar-refractivity contribution in [1.82, 2.24) is 9.97 Å². The molecule has 0 fully saturated rings. The minimum absolute atomic E-state index is 0.207. The van der Waals surface area contributed by atoms with Gasteiger partial charge in [-0.3, -0.25) is 9.78 Å². The molecule has 0 saturated heterocycles. The minimum atomic E-state index is -0.207. The van der Waals surface area contributed by atoms with Crippen LogP contribution in [-0.2, 0) is 0 Å². The number of nitrogens with one attached hydrogen (secondary N) is 2. The number of H-pyrrole nitrogens is 1. The Kier molecular flexibility index (Phi) is 3.88. The van der Waals surface area contributed by atoms with Crippen LogP contribution in [0, 0.1) is 6.92 Å². The quantitative estimate of drug-likeness (QED) is 0.675. The van der Waals surface area contributed by atoms with Crippen LogP contribution in [0.5, 0.6) is 0 Å². The van der Waals surface area contributed by atoms with Gasteiger partial charge in [-0.15, -0.1) is 0 Å². The van der Waals surface area contributed by atoms with Crippen molar-refractivity contribution in [2.24, 2.45) is 5.10 Å². The zero-order chi connectivity index (χ0) is 13.0. The van der Waals surface area contributed by atoms with E-state index >= 15 is 0 Å². The summed E-state index contributed by atoms with van der Waals surface area (Å²) in [5.41, 5.74) is 4.04. The smallest absolute Gasteiger partial charge is 0.252 e. The molecule has 0 amide bonds. The van der Waals surface area contributed by atoms with Crippen LogP contribution >= 0.6 is 15.9 Å². The van der Waals surface area contributed by atoms with Crippen molar-refractivity contribution < 1.29 is 0 Å². The zero-order valence-electron chi connectivity index (χ0n) is 9.64. The predicted molar refractivity (Wildman–Crippen MR) is 75.0 cm³/mol. The Balaban J connectivity index is 2.12. The molecule has 0 saturated carbocycles. The van der Waals surface area contributed by atoms with E-state index in [2.05, 4.69) is 36.4 Å². The summed E-state index contributed by atoms with van der Waals surface area (Å²) < 4.78 is 0.946. The molecule has 0 aliphatic heterocycles. The number of rotatable bonds is 3. The van der Waals surface area contributed by atoms with Crippen molar-refractivity contribution in [2.75, 3.05) is 5.43 Å². The van der Waals surface area contributed by atoms with Crippen molar-refractivity contribution >= 4 is 28.1 Å². The molecule has 18 heavy (non-hydrogen) atoms.